The molecule has 0 spiro atoms. The summed E-state index contributed by atoms with van der Waals surface area (Å²) in [7, 11) is 4.55. The third-order valence-corrected chi connectivity index (χ3v) is 3.78. The third kappa shape index (κ3) is 2.90. The summed E-state index contributed by atoms with van der Waals surface area (Å²) in [6.45, 7) is 0.614. The molecular weight excluding hydrogens is 274 g/mol. The molecule has 1 aliphatic rings. The van der Waals surface area contributed by atoms with E-state index in [1.54, 1.807) is 17.0 Å². The van der Waals surface area contributed by atoms with Gasteiger partial charge >= 0.3 is 0 Å². The summed E-state index contributed by atoms with van der Waals surface area (Å²) in [5, 5.41) is 9.37. The Kier molecular flexibility index (Phi) is 4.90. The smallest absolute Gasteiger partial charge is 0.258 e. The fourth-order valence-corrected chi connectivity index (χ4v) is 2.64. The summed E-state index contributed by atoms with van der Waals surface area (Å²) >= 11 is 0. The largest absolute Gasteiger partial charge is 0.496 e. The van der Waals surface area contributed by atoms with Gasteiger partial charge in [0.15, 0.2) is 11.5 Å². The van der Waals surface area contributed by atoms with E-state index in [0.29, 0.717) is 29.4 Å². The van der Waals surface area contributed by atoms with Crippen molar-refractivity contribution in [2.45, 2.75) is 18.9 Å². The third-order valence-electron chi connectivity index (χ3n) is 3.78. The van der Waals surface area contributed by atoms with Crippen molar-refractivity contribution in [3.05, 3.63) is 17.7 Å². The van der Waals surface area contributed by atoms with E-state index < -0.39 is 0 Å². The molecule has 116 valence electrons. The van der Waals surface area contributed by atoms with Gasteiger partial charge in [-0.15, -0.1) is 0 Å². The summed E-state index contributed by atoms with van der Waals surface area (Å²) in [4.78, 5) is 14.4. The average Bonchev–Trinajstić information content (AvgIpc) is 3.01. The Balaban J connectivity index is 2.39. The van der Waals surface area contributed by atoms with Crippen LogP contribution in [0.15, 0.2) is 12.1 Å². The van der Waals surface area contributed by atoms with Crippen molar-refractivity contribution in [1.82, 2.24) is 4.90 Å². The number of hydrogen-bond acceptors (Lipinski definition) is 5. The topological polar surface area (TPSA) is 68.2 Å². The Labute approximate surface area is 124 Å². The van der Waals surface area contributed by atoms with Crippen LogP contribution in [0.2, 0.25) is 0 Å². The standard InChI is InChI=1S/C15H21NO5/c1-19-12-8-14(21-3)13(20-2)7-11(12)15(18)16-6-4-5-10(16)9-17/h7-8,10,17H,4-6,9H2,1-3H3/t10-/m1/s1. The molecule has 6 nitrogen and oxygen atoms in total. The van der Waals surface area contributed by atoms with E-state index in [4.69, 9.17) is 14.2 Å². The molecule has 1 saturated heterocycles. The first-order valence-electron chi connectivity index (χ1n) is 6.88. The minimum Gasteiger partial charge on any atom is -0.496 e. The first-order chi connectivity index (χ1) is 10.2. The molecule has 1 N–H and O–H groups in total. The Morgan fingerprint density at radius 1 is 1.19 bits per heavy atom. The molecule has 0 radical (unpaired) electrons. The maximum absolute atomic E-state index is 12.7. The normalized spacial score (nSPS) is 17.7. The average molecular weight is 295 g/mol. The highest BCUT2D eigenvalue weighted by Gasteiger charge is 2.31. The van der Waals surface area contributed by atoms with E-state index in [2.05, 4.69) is 0 Å². The molecule has 0 saturated carbocycles. The highest BCUT2D eigenvalue weighted by Crippen LogP contribution is 2.36. The molecule has 2 rings (SSSR count). The van der Waals surface area contributed by atoms with E-state index in [1.165, 1.54) is 21.3 Å². The van der Waals surface area contributed by atoms with Crippen LogP contribution in [0.25, 0.3) is 0 Å². The highest BCUT2D eigenvalue weighted by molar-refractivity contribution is 5.98. The quantitative estimate of drug-likeness (QED) is 0.887. The monoisotopic (exact) mass is 295 g/mol. The van der Waals surface area contributed by atoms with Gasteiger partial charge in [0.1, 0.15) is 5.75 Å². The van der Waals surface area contributed by atoms with Gasteiger partial charge in [-0.25, -0.2) is 0 Å². The zero-order valence-electron chi connectivity index (χ0n) is 12.6. The van der Waals surface area contributed by atoms with Crippen LogP contribution >= 0.6 is 0 Å². The first-order valence-corrected chi connectivity index (χ1v) is 6.88. The Morgan fingerprint density at radius 2 is 1.81 bits per heavy atom. The van der Waals surface area contributed by atoms with E-state index in [0.717, 1.165) is 12.8 Å². The second kappa shape index (κ2) is 6.67. The van der Waals surface area contributed by atoms with E-state index in [1.807, 2.05) is 0 Å². The van der Waals surface area contributed by atoms with Crippen LogP contribution in [0, 0.1) is 0 Å². The van der Waals surface area contributed by atoms with Crippen molar-refractivity contribution in [3.63, 3.8) is 0 Å². The molecule has 0 bridgehead atoms. The molecule has 0 unspecified atom stereocenters. The van der Waals surface area contributed by atoms with E-state index >= 15 is 0 Å². The lowest BCUT2D eigenvalue weighted by atomic mass is 10.1. The summed E-state index contributed by atoms with van der Waals surface area (Å²) in [5.41, 5.74) is 0.413. The number of hydrogen-bond donors (Lipinski definition) is 1. The molecule has 1 aliphatic heterocycles. The van der Waals surface area contributed by atoms with Crippen molar-refractivity contribution in [2.75, 3.05) is 34.5 Å². The molecule has 1 heterocycles. The molecular formula is C15H21NO5. The lowest BCUT2D eigenvalue weighted by molar-refractivity contribution is 0.0674. The summed E-state index contributed by atoms with van der Waals surface area (Å²) in [6.07, 6.45) is 1.71. The Morgan fingerprint density at radius 3 is 2.38 bits per heavy atom. The van der Waals surface area contributed by atoms with Gasteiger partial charge in [-0.3, -0.25) is 4.79 Å². The van der Waals surface area contributed by atoms with Gasteiger partial charge in [-0.05, 0) is 12.8 Å². The van der Waals surface area contributed by atoms with Crippen LogP contribution in [0.4, 0.5) is 0 Å². The Bertz CT molecular complexity index is 517. The van der Waals surface area contributed by atoms with Crippen LogP contribution in [0.3, 0.4) is 0 Å². The second-order valence-electron chi connectivity index (χ2n) is 4.88. The van der Waals surface area contributed by atoms with Crippen LogP contribution in [0.5, 0.6) is 17.2 Å². The lowest BCUT2D eigenvalue weighted by Crippen LogP contribution is -2.37. The van der Waals surface area contributed by atoms with Crippen molar-refractivity contribution >= 4 is 5.91 Å². The zero-order chi connectivity index (χ0) is 15.4. The molecule has 0 aromatic heterocycles. The van der Waals surface area contributed by atoms with Gasteiger partial charge in [0, 0.05) is 18.7 Å². The number of rotatable bonds is 5. The summed E-state index contributed by atoms with van der Waals surface area (Å²) in [6, 6.07) is 3.12. The Hall–Kier alpha value is -1.95. The zero-order valence-corrected chi connectivity index (χ0v) is 12.6. The fraction of sp³-hybridized carbons (Fsp3) is 0.533. The van der Waals surface area contributed by atoms with Crippen LogP contribution in [-0.4, -0.2) is 56.4 Å². The van der Waals surface area contributed by atoms with Crippen LogP contribution in [0.1, 0.15) is 23.2 Å². The maximum Gasteiger partial charge on any atom is 0.258 e. The number of ether oxygens (including phenoxy) is 3. The predicted molar refractivity (Wildman–Crippen MR) is 77.2 cm³/mol. The molecule has 6 heteroatoms. The van der Waals surface area contributed by atoms with Gasteiger partial charge in [-0.1, -0.05) is 0 Å². The van der Waals surface area contributed by atoms with E-state index in [-0.39, 0.29) is 18.6 Å². The van der Waals surface area contributed by atoms with Gasteiger partial charge < -0.3 is 24.2 Å². The minimum absolute atomic E-state index is 0.0264. The van der Waals surface area contributed by atoms with Crippen molar-refractivity contribution in [2.24, 2.45) is 0 Å². The maximum atomic E-state index is 12.7. The fourth-order valence-electron chi connectivity index (χ4n) is 2.64. The predicted octanol–water partition coefficient (Wildman–Crippen LogP) is 1.31. The molecule has 1 atom stereocenters. The molecule has 1 aromatic carbocycles. The van der Waals surface area contributed by atoms with Crippen molar-refractivity contribution in [1.29, 1.82) is 0 Å². The number of nitrogens with zero attached hydrogens (tertiary/aromatic N) is 1. The van der Waals surface area contributed by atoms with E-state index in [9.17, 15) is 9.90 Å². The van der Waals surface area contributed by atoms with Crippen molar-refractivity contribution in [3.8, 4) is 17.2 Å². The molecule has 21 heavy (non-hydrogen) atoms. The number of aliphatic hydroxyl groups excluding tert-OH is 1. The molecule has 1 amide bonds. The van der Waals surface area contributed by atoms with Crippen LogP contribution in [-0.2, 0) is 0 Å². The lowest BCUT2D eigenvalue weighted by Gasteiger charge is -2.24. The number of methoxy groups -OCH3 is 3. The number of carbonyl (C=O) groups is 1. The number of benzene rings is 1. The number of carbonyl (C=O) groups excluding carboxylic acids is 1. The highest BCUT2D eigenvalue weighted by atomic mass is 16.5. The number of amides is 1. The molecule has 0 aliphatic carbocycles. The van der Waals surface area contributed by atoms with Gasteiger partial charge in [-0.2, -0.15) is 0 Å². The minimum atomic E-state index is -0.163. The second-order valence-corrected chi connectivity index (χ2v) is 4.88. The van der Waals surface area contributed by atoms with Crippen molar-refractivity contribution < 1.29 is 24.1 Å². The van der Waals surface area contributed by atoms with Gasteiger partial charge in [0.05, 0.1) is 39.5 Å². The van der Waals surface area contributed by atoms with Crippen LogP contribution < -0.4 is 14.2 Å². The summed E-state index contributed by atoms with van der Waals surface area (Å²) in [5.74, 6) is 1.25. The van der Waals surface area contributed by atoms with Gasteiger partial charge in [0.25, 0.3) is 5.91 Å². The molecule has 1 aromatic rings. The molecule has 1 fully saturated rings. The number of likely N-dealkylation sites (tertiary alicyclic amines) is 1. The van der Waals surface area contributed by atoms with Gasteiger partial charge in [0.2, 0.25) is 0 Å². The number of aliphatic hydroxyl groups is 1. The first kappa shape index (κ1) is 15.4. The summed E-state index contributed by atoms with van der Waals surface area (Å²) < 4.78 is 15.7. The SMILES string of the molecule is COc1cc(OC)c(C(=O)N2CCC[C@@H]2CO)cc1OC.